The average molecular weight is 364 g/mol. The van der Waals surface area contributed by atoms with E-state index < -0.39 is 23.6 Å². The first-order valence-electron chi connectivity index (χ1n) is 8.07. The SMILES string of the molecule is CC1=C(C(=O)O)C(c2ccc(C(F)(F)F)cc2)C(C#N)=C(CC(C)C)N1. The van der Waals surface area contributed by atoms with Crippen molar-refractivity contribution in [3.63, 3.8) is 0 Å². The number of alkyl halides is 3. The highest BCUT2D eigenvalue weighted by atomic mass is 19.4. The molecule has 1 aliphatic rings. The highest BCUT2D eigenvalue weighted by molar-refractivity contribution is 5.91. The summed E-state index contributed by atoms with van der Waals surface area (Å²) >= 11 is 0. The molecular weight excluding hydrogens is 345 g/mol. The third-order valence-corrected chi connectivity index (χ3v) is 4.18. The number of hydrogen-bond donors (Lipinski definition) is 2. The van der Waals surface area contributed by atoms with Gasteiger partial charge in [0, 0.05) is 11.4 Å². The molecule has 1 heterocycles. The second kappa shape index (κ2) is 7.24. The van der Waals surface area contributed by atoms with Crippen molar-refractivity contribution in [2.24, 2.45) is 5.92 Å². The van der Waals surface area contributed by atoms with Crippen LogP contribution < -0.4 is 5.32 Å². The Kier molecular flexibility index (Phi) is 5.45. The predicted octanol–water partition coefficient (Wildman–Crippen LogP) is 4.57. The number of dihydropyridines is 1. The molecule has 1 aromatic rings. The number of hydrogen-bond acceptors (Lipinski definition) is 3. The Morgan fingerprint density at radius 3 is 2.31 bits per heavy atom. The van der Waals surface area contributed by atoms with Crippen molar-refractivity contribution in [1.29, 1.82) is 5.26 Å². The third-order valence-electron chi connectivity index (χ3n) is 4.18. The number of carbonyl (C=O) groups is 1. The molecule has 26 heavy (non-hydrogen) atoms. The predicted molar refractivity (Wildman–Crippen MR) is 89.8 cm³/mol. The van der Waals surface area contributed by atoms with Gasteiger partial charge in [0.15, 0.2) is 0 Å². The van der Waals surface area contributed by atoms with Crippen LogP contribution >= 0.6 is 0 Å². The Bertz CT molecular complexity index is 813. The number of nitriles is 1. The van der Waals surface area contributed by atoms with Gasteiger partial charge in [-0.05, 0) is 37.0 Å². The summed E-state index contributed by atoms with van der Waals surface area (Å²) in [7, 11) is 0. The summed E-state index contributed by atoms with van der Waals surface area (Å²) in [6.07, 6.45) is -3.95. The quantitative estimate of drug-likeness (QED) is 0.821. The lowest BCUT2D eigenvalue weighted by atomic mass is 9.79. The monoisotopic (exact) mass is 364 g/mol. The van der Waals surface area contributed by atoms with E-state index in [1.807, 2.05) is 13.8 Å². The fourth-order valence-corrected chi connectivity index (χ4v) is 3.08. The number of nitrogens with zero attached hydrogens (tertiary/aromatic N) is 1. The fourth-order valence-electron chi connectivity index (χ4n) is 3.08. The van der Waals surface area contributed by atoms with Gasteiger partial charge in [-0.25, -0.2) is 4.79 Å². The van der Waals surface area contributed by atoms with E-state index in [0.29, 0.717) is 23.4 Å². The van der Waals surface area contributed by atoms with E-state index in [4.69, 9.17) is 0 Å². The minimum Gasteiger partial charge on any atom is -0.478 e. The van der Waals surface area contributed by atoms with Crippen LogP contribution in [0.2, 0.25) is 0 Å². The van der Waals surface area contributed by atoms with E-state index in [-0.39, 0.29) is 17.1 Å². The standard InChI is InChI=1S/C19H19F3N2O2/c1-10(2)8-15-14(9-23)17(16(18(25)26)11(3)24-15)12-4-6-13(7-5-12)19(20,21)22/h4-7,10,17,24H,8H2,1-3H3,(H,25,26). The molecule has 0 spiro atoms. The maximum atomic E-state index is 12.8. The average Bonchev–Trinajstić information content (AvgIpc) is 2.52. The van der Waals surface area contributed by atoms with E-state index >= 15 is 0 Å². The number of nitrogens with one attached hydrogen (secondary N) is 1. The Morgan fingerprint density at radius 2 is 1.88 bits per heavy atom. The lowest BCUT2D eigenvalue weighted by Crippen LogP contribution is -2.29. The molecule has 2 N–H and O–H groups in total. The molecule has 138 valence electrons. The largest absolute Gasteiger partial charge is 0.478 e. The second-order valence-corrected chi connectivity index (χ2v) is 6.62. The Hall–Kier alpha value is -2.75. The maximum Gasteiger partial charge on any atom is 0.416 e. The van der Waals surface area contributed by atoms with Crippen LogP contribution in [0.3, 0.4) is 0 Å². The number of rotatable bonds is 4. The van der Waals surface area contributed by atoms with Gasteiger partial charge in [0.2, 0.25) is 0 Å². The van der Waals surface area contributed by atoms with Crippen molar-refractivity contribution in [3.8, 4) is 6.07 Å². The highest BCUT2D eigenvalue weighted by Gasteiger charge is 2.35. The molecule has 2 rings (SSSR count). The zero-order chi connectivity index (χ0) is 19.6. The molecule has 0 bridgehead atoms. The van der Waals surface area contributed by atoms with Crippen LogP contribution in [0.1, 0.15) is 44.2 Å². The number of carboxylic acids is 1. The zero-order valence-corrected chi connectivity index (χ0v) is 14.6. The summed E-state index contributed by atoms with van der Waals surface area (Å²) in [5.74, 6) is -1.90. The lowest BCUT2D eigenvalue weighted by molar-refractivity contribution is -0.137. The van der Waals surface area contributed by atoms with Crippen LogP contribution in [0.15, 0.2) is 46.8 Å². The van der Waals surface area contributed by atoms with Crippen molar-refractivity contribution in [2.45, 2.75) is 39.3 Å². The van der Waals surface area contributed by atoms with Crippen LogP contribution in [0.5, 0.6) is 0 Å². The molecule has 0 fully saturated rings. The topological polar surface area (TPSA) is 73.1 Å². The van der Waals surface area contributed by atoms with Gasteiger partial charge in [0.05, 0.1) is 28.7 Å². The Labute approximate surface area is 149 Å². The van der Waals surface area contributed by atoms with Gasteiger partial charge < -0.3 is 10.4 Å². The summed E-state index contributed by atoms with van der Waals surface area (Å²) in [6, 6.07) is 6.34. The number of benzene rings is 1. The van der Waals surface area contributed by atoms with E-state index in [0.717, 1.165) is 12.1 Å². The second-order valence-electron chi connectivity index (χ2n) is 6.62. The molecule has 0 saturated heterocycles. The molecule has 0 aromatic heterocycles. The van der Waals surface area contributed by atoms with Crippen molar-refractivity contribution < 1.29 is 23.1 Å². The molecule has 4 nitrogen and oxygen atoms in total. The Morgan fingerprint density at radius 1 is 1.31 bits per heavy atom. The molecule has 1 aliphatic heterocycles. The summed E-state index contributed by atoms with van der Waals surface area (Å²) < 4.78 is 38.4. The van der Waals surface area contributed by atoms with E-state index in [1.54, 1.807) is 6.92 Å². The van der Waals surface area contributed by atoms with Crippen molar-refractivity contribution in [2.75, 3.05) is 0 Å². The molecule has 0 aliphatic carbocycles. The van der Waals surface area contributed by atoms with Crippen LogP contribution in [0.25, 0.3) is 0 Å². The van der Waals surface area contributed by atoms with E-state index in [2.05, 4.69) is 11.4 Å². The van der Waals surface area contributed by atoms with E-state index in [9.17, 15) is 28.3 Å². The van der Waals surface area contributed by atoms with Gasteiger partial charge in [-0.1, -0.05) is 26.0 Å². The Balaban J connectivity index is 2.61. The van der Waals surface area contributed by atoms with Crippen LogP contribution in [-0.2, 0) is 11.0 Å². The first-order valence-corrected chi connectivity index (χ1v) is 8.07. The minimum atomic E-state index is -4.48. The van der Waals surface area contributed by atoms with Gasteiger partial charge >= 0.3 is 12.1 Å². The maximum absolute atomic E-state index is 12.8. The molecule has 1 aromatic carbocycles. The summed E-state index contributed by atoms with van der Waals surface area (Å²) in [6.45, 7) is 5.51. The summed E-state index contributed by atoms with van der Waals surface area (Å²) in [4.78, 5) is 11.8. The third kappa shape index (κ3) is 3.90. The smallest absolute Gasteiger partial charge is 0.416 e. The molecule has 1 atom stereocenters. The lowest BCUT2D eigenvalue weighted by Gasteiger charge is -2.29. The first kappa shape index (κ1) is 19.6. The summed E-state index contributed by atoms with van der Waals surface area (Å²) in [5, 5.41) is 22.2. The molecular formula is C19H19F3N2O2. The van der Waals surface area contributed by atoms with Gasteiger partial charge in [-0.3, -0.25) is 0 Å². The molecule has 0 radical (unpaired) electrons. The number of aliphatic carboxylic acids is 1. The van der Waals surface area contributed by atoms with Crippen molar-refractivity contribution in [1.82, 2.24) is 5.32 Å². The fraction of sp³-hybridized carbons (Fsp3) is 0.368. The van der Waals surface area contributed by atoms with E-state index in [1.165, 1.54) is 12.1 Å². The zero-order valence-electron chi connectivity index (χ0n) is 14.6. The van der Waals surface area contributed by atoms with Crippen LogP contribution in [-0.4, -0.2) is 11.1 Å². The first-order chi connectivity index (χ1) is 12.1. The van der Waals surface area contributed by atoms with Gasteiger partial charge in [0.1, 0.15) is 0 Å². The normalized spacial score (nSPS) is 18.0. The van der Waals surface area contributed by atoms with Gasteiger partial charge in [0.25, 0.3) is 0 Å². The molecule has 0 saturated carbocycles. The molecule has 0 amide bonds. The van der Waals surface area contributed by atoms with Crippen LogP contribution in [0.4, 0.5) is 13.2 Å². The minimum absolute atomic E-state index is 0.0335. The highest BCUT2D eigenvalue weighted by Crippen LogP contribution is 2.40. The van der Waals surface area contributed by atoms with Gasteiger partial charge in [-0.15, -0.1) is 0 Å². The molecule has 7 heteroatoms. The van der Waals surface area contributed by atoms with Gasteiger partial charge in [-0.2, -0.15) is 18.4 Å². The van der Waals surface area contributed by atoms with Crippen molar-refractivity contribution in [3.05, 3.63) is 57.9 Å². The molecule has 1 unspecified atom stereocenters. The number of halogens is 3. The number of allylic oxidation sites excluding steroid dienone is 3. The summed E-state index contributed by atoms with van der Waals surface area (Å²) in [5.41, 5.74) is 0.703. The number of carboxylic acid groups (broad SMARTS) is 1. The van der Waals surface area contributed by atoms with Crippen molar-refractivity contribution >= 4 is 5.97 Å². The van der Waals surface area contributed by atoms with Crippen LogP contribution in [0, 0.1) is 17.2 Å².